The molecule has 0 radical (unpaired) electrons. The second-order valence-corrected chi connectivity index (χ2v) is 8.93. The molecule has 5 rings (SSSR count). The van der Waals surface area contributed by atoms with Crippen LogP contribution in [-0.4, -0.2) is 26.5 Å². The number of nitrogens with two attached hydrogens (primary N) is 1. The number of fused-ring (bicyclic) bond motifs is 2. The maximum Gasteiger partial charge on any atom is 0.349 e. The third-order valence-electron chi connectivity index (χ3n) is 5.07. The zero-order valence-corrected chi connectivity index (χ0v) is 16.3. The molecule has 0 amide bonds. The summed E-state index contributed by atoms with van der Waals surface area (Å²) in [6.45, 7) is 4.16. The van der Waals surface area contributed by atoms with Crippen molar-refractivity contribution in [3.8, 4) is 11.5 Å². The van der Waals surface area contributed by atoms with E-state index >= 15 is 0 Å². The van der Waals surface area contributed by atoms with Crippen molar-refractivity contribution in [1.29, 1.82) is 0 Å². The summed E-state index contributed by atoms with van der Waals surface area (Å²) in [6.07, 6.45) is 0. The number of sulfonamides is 1. The minimum Gasteiger partial charge on any atom is -0.436 e. The van der Waals surface area contributed by atoms with Crippen LogP contribution in [0.2, 0.25) is 0 Å². The molecule has 3 heterocycles. The first-order chi connectivity index (χ1) is 13.8. The third-order valence-corrected chi connectivity index (χ3v) is 5.98. The fourth-order valence-electron chi connectivity index (χ4n) is 3.55. The van der Waals surface area contributed by atoms with Crippen LogP contribution in [0.5, 0.6) is 0 Å². The van der Waals surface area contributed by atoms with E-state index in [1.807, 2.05) is 18.2 Å². The zero-order chi connectivity index (χ0) is 20.3. The van der Waals surface area contributed by atoms with E-state index in [1.54, 1.807) is 6.07 Å². The number of primary sulfonamides is 1. The fraction of sp³-hybridized carbons (Fsp3) is 0.200. The number of nitrogens with zero attached hydrogens (tertiary/aromatic N) is 2. The summed E-state index contributed by atoms with van der Waals surface area (Å²) in [4.78, 5) is 19.0. The van der Waals surface area contributed by atoms with Crippen molar-refractivity contribution in [2.75, 3.05) is 18.0 Å². The third kappa shape index (κ3) is 3.08. The van der Waals surface area contributed by atoms with Gasteiger partial charge in [-0.25, -0.2) is 23.3 Å². The van der Waals surface area contributed by atoms with Gasteiger partial charge in [-0.1, -0.05) is 6.92 Å². The van der Waals surface area contributed by atoms with E-state index in [0.717, 1.165) is 24.2 Å². The molecule has 1 saturated heterocycles. The van der Waals surface area contributed by atoms with Gasteiger partial charge in [0.05, 0.1) is 4.90 Å². The van der Waals surface area contributed by atoms with E-state index < -0.39 is 15.6 Å². The van der Waals surface area contributed by atoms with E-state index in [4.69, 9.17) is 14.0 Å². The van der Waals surface area contributed by atoms with Gasteiger partial charge in [-0.3, -0.25) is 0 Å². The summed E-state index contributed by atoms with van der Waals surface area (Å²) in [5.74, 6) is 0.719. The van der Waals surface area contributed by atoms with Gasteiger partial charge < -0.3 is 13.7 Å². The van der Waals surface area contributed by atoms with E-state index in [0.29, 0.717) is 17.0 Å². The molecule has 0 saturated carbocycles. The number of benzene rings is 2. The molecule has 0 bridgehead atoms. The van der Waals surface area contributed by atoms with Crippen LogP contribution < -0.4 is 15.7 Å². The topological polar surface area (TPSA) is 120 Å². The number of aromatic nitrogens is 1. The van der Waals surface area contributed by atoms with Gasteiger partial charge in [0.15, 0.2) is 5.58 Å². The normalized spacial score (nSPS) is 15.2. The number of anilines is 1. The number of rotatable bonds is 3. The first-order valence-electron chi connectivity index (χ1n) is 9.04. The lowest BCUT2D eigenvalue weighted by atomic mass is 10.0. The van der Waals surface area contributed by atoms with Gasteiger partial charge in [-0.15, -0.1) is 0 Å². The summed E-state index contributed by atoms with van der Waals surface area (Å²) < 4.78 is 34.2. The van der Waals surface area contributed by atoms with Crippen LogP contribution in [0.3, 0.4) is 0 Å². The Bertz CT molecular complexity index is 1430. The molecule has 0 atom stereocenters. The minimum absolute atomic E-state index is 0.0582. The summed E-state index contributed by atoms with van der Waals surface area (Å²) >= 11 is 0. The molecule has 2 aromatic heterocycles. The molecule has 29 heavy (non-hydrogen) atoms. The van der Waals surface area contributed by atoms with Crippen molar-refractivity contribution in [3.05, 3.63) is 52.9 Å². The zero-order valence-electron chi connectivity index (χ0n) is 15.5. The molecule has 0 spiro atoms. The number of hydrogen-bond acceptors (Lipinski definition) is 7. The highest BCUT2D eigenvalue weighted by Gasteiger charge is 2.23. The molecule has 1 aliphatic heterocycles. The van der Waals surface area contributed by atoms with Crippen molar-refractivity contribution < 1.29 is 17.3 Å². The SMILES string of the molecule is CC1CN(c2ccc3cc(-c4nc5ccc(S(N)(=O)=O)cc5o4)c(=O)oc3c2)C1. The maximum atomic E-state index is 12.6. The van der Waals surface area contributed by atoms with Crippen LogP contribution in [0.15, 0.2) is 61.0 Å². The Hall–Kier alpha value is -3.17. The Labute approximate surface area is 165 Å². The summed E-state index contributed by atoms with van der Waals surface area (Å²) in [7, 11) is -3.87. The Morgan fingerprint density at radius 1 is 1.07 bits per heavy atom. The number of oxazole rings is 1. The molecule has 8 nitrogen and oxygen atoms in total. The van der Waals surface area contributed by atoms with Crippen molar-refractivity contribution in [2.45, 2.75) is 11.8 Å². The van der Waals surface area contributed by atoms with E-state index in [-0.39, 0.29) is 21.9 Å². The van der Waals surface area contributed by atoms with Crippen LogP contribution in [0, 0.1) is 5.92 Å². The lowest BCUT2D eigenvalue weighted by Crippen LogP contribution is -2.45. The summed E-state index contributed by atoms with van der Waals surface area (Å²) in [6, 6.07) is 11.5. The van der Waals surface area contributed by atoms with Gasteiger partial charge >= 0.3 is 5.63 Å². The first-order valence-corrected chi connectivity index (χ1v) is 10.6. The number of hydrogen-bond donors (Lipinski definition) is 1. The largest absolute Gasteiger partial charge is 0.436 e. The molecule has 148 valence electrons. The molecular weight excluding hydrogens is 394 g/mol. The maximum absolute atomic E-state index is 12.6. The van der Waals surface area contributed by atoms with Gasteiger partial charge in [-0.05, 0) is 36.2 Å². The second-order valence-electron chi connectivity index (χ2n) is 7.37. The summed E-state index contributed by atoms with van der Waals surface area (Å²) in [5.41, 5.74) is 1.72. The lowest BCUT2D eigenvalue weighted by molar-refractivity contribution is 0.447. The molecule has 1 fully saturated rings. The Morgan fingerprint density at radius 2 is 1.86 bits per heavy atom. The van der Waals surface area contributed by atoms with Gasteiger partial charge in [0, 0.05) is 36.3 Å². The Balaban J connectivity index is 1.58. The van der Waals surface area contributed by atoms with Crippen molar-refractivity contribution in [3.63, 3.8) is 0 Å². The molecule has 0 unspecified atom stereocenters. The predicted octanol–water partition coefficient (Wildman–Crippen LogP) is 2.70. The quantitative estimate of drug-likeness (QED) is 0.515. The summed E-state index contributed by atoms with van der Waals surface area (Å²) in [5, 5.41) is 5.89. The molecule has 4 aromatic rings. The van der Waals surface area contributed by atoms with E-state index in [1.165, 1.54) is 18.2 Å². The Kier molecular flexibility index (Phi) is 3.80. The average molecular weight is 411 g/mol. The molecule has 9 heteroatoms. The van der Waals surface area contributed by atoms with Gasteiger partial charge in [-0.2, -0.15) is 0 Å². The second kappa shape index (κ2) is 6.16. The Morgan fingerprint density at radius 3 is 2.59 bits per heavy atom. The molecule has 0 aliphatic carbocycles. The molecule has 1 aliphatic rings. The van der Waals surface area contributed by atoms with Crippen molar-refractivity contribution >= 4 is 37.8 Å². The van der Waals surface area contributed by atoms with E-state index in [2.05, 4.69) is 16.8 Å². The molecule has 2 aromatic carbocycles. The highest BCUT2D eigenvalue weighted by Crippen LogP contribution is 2.30. The molecular formula is C20H17N3O5S. The smallest absolute Gasteiger partial charge is 0.349 e. The van der Waals surface area contributed by atoms with Crippen molar-refractivity contribution in [2.24, 2.45) is 11.1 Å². The van der Waals surface area contributed by atoms with Crippen molar-refractivity contribution in [1.82, 2.24) is 4.98 Å². The van der Waals surface area contributed by atoms with Crippen LogP contribution in [-0.2, 0) is 10.0 Å². The van der Waals surface area contributed by atoms with Crippen LogP contribution in [0.25, 0.3) is 33.5 Å². The monoisotopic (exact) mass is 411 g/mol. The first kappa shape index (κ1) is 17.9. The van der Waals surface area contributed by atoms with E-state index in [9.17, 15) is 13.2 Å². The van der Waals surface area contributed by atoms with Crippen LogP contribution in [0.4, 0.5) is 5.69 Å². The highest BCUT2D eigenvalue weighted by atomic mass is 32.2. The highest BCUT2D eigenvalue weighted by molar-refractivity contribution is 7.89. The van der Waals surface area contributed by atoms with Gasteiger partial charge in [0.1, 0.15) is 16.7 Å². The predicted molar refractivity (Wildman–Crippen MR) is 108 cm³/mol. The van der Waals surface area contributed by atoms with Gasteiger partial charge in [0.25, 0.3) is 0 Å². The fourth-order valence-corrected chi connectivity index (χ4v) is 4.08. The average Bonchev–Trinajstić information content (AvgIpc) is 3.06. The van der Waals surface area contributed by atoms with Crippen LogP contribution >= 0.6 is 0 Å². The molecule has 2 N–H and O–H groups in total. The standard InChI is InChI=1S/C20H17N3O5S/c1-11-9-23(10-11)13-3-2-12-6-15(20(24)28-17(12)7-13)19-22-16-5-4-14(29(21,25)26)8-18(16)27-19/h2-8,11H,9-10H2,1H3,(H2,21,25,26). The lowest BCUT2D eigenvalue weighted by Gasteiger charge is -2.39. The van der Waals surface area contributed by atoms with Gasteiger partial charge in [0.2, 0.25) is 15.9 Å². The minimum atomic E-state index is -3.87. The van der Waals surface area contributed by atoms with Crippen LogP contribution in [0.1, 0.15) is 6.92 Å².